The van der Waals surface area contributed by atoms with Gasteiger partial charge >= 0.3 is 5.69 Å². The average Bonchev–Trinajstić information content (AvgIpc) is 2.58. The number of unbranched alkanes of at least 4 members (excludes halogenated alkanes) is 1. The van der Waals surface area contributed by atoms with Crippen LogP contribution in [0.4, 0.5) is 11.5 Å². The fourth-order valence-electron chi connectivity index (χ4n) is 2.82. The molecule has 0 saturated heterocycles. The molecule has 1 aromatic heterocycles. The van der Waals surface area contributed by atoms with E-state index in [1.165, 1.54) is 11.6 Å². The van der Waals surface area contributed by atoms with E-state index in [9.17, 15) is 14.4 Å². The van der Waals surface area contributed by atoms with Gasteiger partial charge in [-0.3, -0.25) is 19.1 Å². The van der Waals surface area contributed by atoms with Crippen molar-refractivity contribution in [2.75, 3.05) is 24.3 Å². The van der Waals surface area contributed by atoms with Crippen LogP contribution < -0.4 is 26.6 Å². The van der Waals surface area contributed by atoms with Gasteiger partial charge in [-0.2, -0.15) is 0 Å². The number of aryl methyl sites for hydroxylation is 2. The Morgan fingerprint density at radius 3 is 2.44 bits per heavy atom. The first-order chi connectivity index (χ1) is 12.7. The van der Waals surface area contributed by atoms with E-state index in [2.05, 4.69) is 4.98 Å². The highest BCUT2D eigenvalue weighted by Gasteiger charge is 2.21. The molecule has 1 heterocycles. The lowest BCUT2D eigenvalue weighted by Gasteiger charge is -2.20. The molecule has 3 N–H and O–H groups in total. The van der Waals surface area contributed by atoms with Crippen molar-refractivity contribution in [3.05, 3.63) is 50.2 Å². The number of carbonyl (C=O) groups is 1. The third-order valence-electron chi connectivity index (χ3n) is 4.22. The van der Waals surface area contributed by atoms with E-state index < -0.39 is 17.2 Å². The summed E-state index contributed by atoms with van der Waals surface area (Å²) in [5.74, 6) is 0.0931. The van der Waals surface area contributed by atoms with Crippen molar-refractivity contribution in [2.45, 2.75) is 40.2 Å². The van der Waals surface area contributed by atoms with Gasteiger partial charge in [0, 0.05) is 13.6 Å². The van der Waals surface area contributed by atoms with Crippen molar-refractivity contribution in [2.24, 2.45) is 0 Å². The number of aromatic nitrogens is 2. The van der Waals surface area contributed by atoms with Crippen LogP contribution in [0.25, 0.3) is 0 Å². The van der Waals surface area contributed by atoms with Gasteiger partial charge in [0.05, 0.1) is 0 Å². The van der Waals surface area contributed by atoms with Crippen molar-refractivity contribution in [3.63, 3.8) is 0 Å². The SMILES string of the molecule is CCCCn1c(N)c(N(C)C(=O)COc2cc(C)cc(C)c2)c(=O)[nH]c1=O. The van der Waals surface area contributed by atoms with Crippen LogP contribution in [0.2, 0.25) is 0 Å². The van der Waals surface area contributed by atoms with Crippen molar-refractivity contribution in [3.8, 4) is 5.75 Å². The average molecular weight is 374 g/mol. The largest absolute Gasteiger partial charge is 0.484 e. The maximum Gasteiger partial charge on any atom is 0.330 e. The molecule has 0 atom stereocenters. The summed E-state index contributed by atoms with van der Waals surface area (Å²) in [6, 6.07) is 5.65. The van der Waals surface area contributed by atoms with Crippen molar-refractivity contribution < 1.29 is 9.53 Å². The fraction of sp³-hybridized carbons (Fsp3) is 0.421. The Hall–Kier alpha value is -3.03. The first-order valence-electron chi connectivity index (χ1n) is 8.84. The molecule has 0 saturated carbocycles. The maximum atomic E-state index is 12.5. The summed E-state index contributed by atoms with van der Waals surface area (Å²) in [7, 11) is 1.43. The van der Waals surface area contributed by atoms with Gasteiger partial charge in [0.1, 0.15) is 11.6 Å². The molecule has 0 aliphatic rings. The van der Waals surface area contributed by atoms with Crippen LogP contribution in [-0.2, 0) is 11.3 Å². The van der Waals surface area contributed by atoms with E-state index in [1.54, 1.807) is 0 Å². The molecule has 8 heteroatoms. The quantitative estimate of drug-likeness (QED) is 0.764. The van der Waals surface area contributed by atoms with Crippen LogP contribution in [0.1, 0.15) is 30.9 Å². The number of rotatable bonds is 7. The molecular formula is C19H26N4O4. The van der Waals surface area contributed by atoms with Gasteiger partial charge in [-0.05, 0) is 43.5 Å². The van der Waals surface area contributed by atoms with Crippen LogP contribution in [0.15, 0.2) is 27.8 Å². The minimum absolute atomic E-state index is 0.0283. The van der Waals surface area contributed by atoms with Gasteiger partial charge in [-0.15, -0.1) is 0 Å². The van der Waals surface area contributed by atoms with Gasteiger partial charge in [0.15, 0.2) is 12.3 Å². The van der Waals surface area contributed by atoms with E-state index in [0.29, 0.717) is 12.3 Å². The number of nitrogen functional groups attached to an aromatic ring is 1. The molecule has 2 rings (SSSR count). The Labute approximate surface area is 157 Å². The van der Waals surface area contributed by atoms with E-state index >= 15 is 0 Å². The predicted molar refractivity (Wildman–Crippen MR) is 105 cm³/mol. The van der Waals surface area contributed by atoms with E-state index in [1.807, 2.05) is 39.0 Å². The molecule has 0 fully saturated rings. The van der Waals surface area contributed by atoms with Crippen molar-refractivity contribution in [1.82, 2.24) is 9.55 Å². The minimum Gasteiger partial charge on any atom is -0.484 e. The monoisotopic (exact) mass is 374 g/mol. The summed E-state index contributed by atoms with van der Waals surface area (Å²) in [6.07, 6.45) is 1.59. The number of nitrogens with one attached hydrogen (secondary N) is 1. The second kappa shape index (κ2) is 8.57. The molecule has 8 nitrogen and oxygen atoms in total. The summed E-state index contributed by atoms with van der Waals surface area (Å²) in [5, 5.41) is 0. The highest BCUT2D eigenvalue weighted by atomic mass is 16.5. The number of anilines is 2. The van der Waals surface area contributed by atoms with Crippen molar-refractivity contribution >= 4 is 17.4 Å². The highest BCUT2D eigenvalue weighted by molar-refractivity contribution is 5.96. The van der Waals surface area contributed by atoms with E-state index in [0.717, 1.165) is 28.9 Å². The lowest BCUT2D eigenvalue weighted by Crippen LogP contribution is -2.40. The van der Waals surface area contributed by atoms with Gasteiger partial charge in [-0.1, -0.05) is 19.4 Å². The summed E-state index contributed by atoms with van der Waals surface area (Å²) < 4.78 is 6.83. The van der Waals surface area contributed by atoms with Crippen LogP contribution >= 0.6 is 0 Å². The second-order valence-electron chi connectivity index (χ2n) is 6.56. The number of aromatic amines is 1. The Bertz CT molecular complexity index is 925. The molecule has 146 valence electrons. The smallest absolute Gasteiger partial charge is 0.330 e. The topological polar surface area (TPSA) is 110 Å². The first-order valence-corrected chi connectivity index (χ1v) is 8.84. The van der Waals surface area contributed by atoms with Crippen LogP contribution in [-0.4, -0.2) is 29.1 Å². The van der Waals surface area contributed by atoms with Gasteiger partial charge in [0.25, 0.3) is 11.5 Å². The fourth-order valence-corrected chi connectivity index (χ4v) is 2.82. The van der Waals surface area contributed by atoms with Crippen LogP contribution in [0.3, 0.4) is 0 Å². The normalized spacial score (nSPS) is 10.7. The number of carbonyl (C=O) groups excluding carboxylic acids is 1. The molecule has 0 spiro atoms. The molecule has 1 aromatic carbocycles. The summed E-state index contributed by atoms with van der Waals surface area (Å²) >= 11 is 0. The van der Waals surface area contributed by atoms with Gasteiger partial charge < -0.3 is 15.4 Å². The van der Waals surface area contributed by atoms with E-state index in [4.69, 9.17) is 10.5 Å². The number of H-pyrrole nitrogens is 1. The highest BCUT2D eigenvalue weighted by Crippen LogP contribution is 2.18. The number of hydrogen-bond donors (Lipinski definition) is 2. The number of ether oxygens (including phenoxy) is 1. The Morgan fingerprint density at radius 1 is 1.22 bits per heavy atom. The molecule has 1 amide bonds. The standard InChI is InChI=1S/C19H26N4O4/c1-5-6-7-23-17(20)16(18(25)21-19(23)26)22(4)15(24)11-27-14-9-12(2)8-13(3)10-14/h8-10H,5-7,11,20H2,1-4H3,(H,21,25,26). The van der Waals surface area contributed by atoms with Crippen molar-refractivity contribution in [1.29, 1.82) is 0 Å². The molecular weight excluding hydrogens is 348 g/mol. The number of amides is 1. The summed E-state index contributed by atoms with van der Waals surface area (Å²) in [6.45, 7) is 5.97. The predicted octanol–water partition coefficient (Wildman–Crippen LogP) is 1.58. The lowest BCUT2D eigenvalue weighted by atomic mass is 10.1. The Kier molecular flexibility index (Phi) is 6.44. The molecule has 0 bridgehead atoms. The summed E-state index contributed by atoms with van der Waals surface area (Å²) in [5.41, 5.74) is 6.73. The molecule has 0 aliphatic carbocycles. The number of benzene rings is 1. The van der Waals surface area contributed by atoms with Gasteiger partial charge in [0.2, 0.25) is 0 Å². The Balaban J connectivity index is 2.23. The number of nitrogens with two attached hydrogens (primary N) is 1. The van der Waals surface area contributed by atoms with Crippen LogP contribution in [0.5, 0.6) is 5.75 Å². The third kappa shape index (κ3) is 4.78. The zero-order valence-corrected chi connectivity index (χ0v) is 16.2. The first kappa shape index (κ1) is 20.3. The summed E-state index contributed by atoms with van der Waals surface area (Å²) in [4.78, 5) is 40.0. The van der Waals surface area contributed by atoms with Gasteiger partial charge in [-0.25, -0.2) is 4.79 Å². The molecule has 0 unspecified atom stereocenters. The number of likely N-dealkylation sites (N-methyl/N-ethyl adjacent to an activating group) is 1. The second-order valence-corrected chi connectivity index (χ2v) is 6.56. The lowest BCUT2D eigenvalue weighted by molar-refractivity contribution is -0.120. The molecule has 0 radical (unpaired) electrons. The Morgan fingerprint density at radius 2 is 1.85 bits per heavy atom. The number of nitrogens with zero attached hydrogens (tertiary/aromatic N) is 2. The molecule has 0 aliphatic heterocycles. The zero-order valence-electron chi connectivity index (χ0n) is 16.2. The van der Waals surface area contributed by atoms with Crippen LogP contribution in [0, 0.1) is 13.8 Å². The third-order valence-corrected chi connectivity index (χ3v) is 4.22. The number of hydrogen-bond acceptors (Lipinski definition) is 5. The zero-order chi connectivity index (χ0) is 20.1. The minimum atomic E-state index is -0.701. The molecule has 27 heavy (non-hydrogen) atoms. The van der Waals surface area contributed by atoms with E-state index in [-0.39, 0.29) is 18.1 Å². The maximum absolute atomic E-state index is 12.5. The molecule has 2 aromatic rings.